The maximum atomic E-state index is 5.41. The Morgan fingerprint density at radius 2 is 2.10 bits per heavy atom. The van der Waals surface area contributed by atoms with E-state index in [-0.39, 0.29) is 0 Å². The number of thiazole rings is 1. The van der Waals surface area contributed by atoms with Crippen molar-refractivity contribution in [1.82, 2.24) is 14.9 Å². The first kappa shape index (κ1) is 18.9. The summed E-state index contributed by atoms with van der Waals surface area (Å²) < 4.78 is 6.62. The van der Waals surface area contributed by atoms with Crippen molar-refractivity contribution in [3.8, 4) is 0 Å². The van der Waals surface area contributed by atoms with E-state index < -0.39 is 0 Å². The lowest BCUT2D eigenvalue weighted by Gasteiger charge is -2.29. The van der Waals surface area contributed by atoms with Crippen LogP contribution in [0.2, 0.25) is 0 Å². The molecule has 7 heteroatoms. The van der Waals surface area contributed by atoms with E-state index in [1.807, 2.05) is 17.8 Å². The van der Waals surface area contributed by atoms with E-state index in [9.17, 15) is 0 Å². The second kappa shape index (κ2) is 7.99. The van der Waals surface area contributed by atoms with Crippen LogP contribution in [0.5, 0.6) is 0 Å². The van der Waals surface area contributed by atoms with Crippen molar-refractivity contribution in [1.29, 1.82) is 0 Å². The molecular weight excluding hydrogens is 400 g/mol. The molecule has 1 aromatic carbocycles. The number of benzene rings is 1. The first-order valence-corrected chi connectivity index (χ1v) is 11.7. The van der Waals surface area contributed by atoms with E-state index in [0.717, 1.165) is 40.3 Å². The molecule has 2 aliphatic heterocycles. The Kier molecular flexibility index (Phi) is 5.22. The molecule has 150 valence electrons. The van der Waals surface area contributed by atoms with Crippen LogP contribution in [0.15, 0.2) is 47.4 Å². The van der Waals surface area contributed by atoms with Gasteiger partial charge in [0, 0.05) is 29.4 Å². The third-order valence-corrected chi connectivity index (χ3v) is 7.64. The third kappa shape index (κ3) is 3.75. The molecule has 0 unspecified atom stereocenters. The minimum Gasteiger partial charge on any atom is -0.379 e. The van der Waals surface area contributed by atoms with Crippen molar-refractivity contribution in [2.45, 2.75) is 24.8 Å². The van der Waals surface area contributed by atoms with Crippen LogP contribution in [0, 0.1) is 0 Å². The Hall–Kier alpha value is -2.06. The fraction of sp³-hybridized carbons (Fsp3) is 0.364. The number of anilines is 2. The molecule has 4 aromatic rings. The summed E-state index contributed by atoms with van der Waals surface area (Å²) in [6, 6.07) is 10.3. The highest BCUT2D eigenvalue weighted by Gasteiger charge is 2.41. The fourth-order valence-electron chi connectivity index (χ4n) is 4.24. The second-order valence-electron chi connectivity index (χ2n) is 7.71. The first-order valence-electron chi connectivity index (χ1n) is 9.95. The molecular formula is C22H24N4OS2. The van der Waals surface area contributed by atoms with Crippen LogP contribution in [0.3, 0.4) is 0 Å². The topological polar surface area (TPSA) is 50.3 Å². The fourth-order valence-corrected chi connectivity index (χ4v) is 5.66. The number of hydrogen-bond acceptors (Lipinski definition) is 7. The van der Waals surface area contributed by atoms with Gasteiger partial charge in [0.25, 0.3) is 0 Å². The van der Waals surface area contributed by atoms with E-state index in [2.05, 4.69) is 56.9 Å². The lowest BCUT2D eigenvalue weighted by atomic mass is 9.96. The van der Waals surface area contributed by atoms with Gasteiger partial charge < -0.3 is 10.1 Å². The summed E-state index contributed by atoms with van der Waals surface area (Å²) in [5, 5.41) is 6.67. The molecule has 1 spiro atoms. The van der Waals surface area contributed by atoms with Crippen molar-refractivity contribution in [2.24, 2.45) is 0 Å². The molecule has 2 saturated heterocycles. The molecule has 29 heavy (non-hydrogen) atoms. The van der Waals surface area contributed by atoms with Gasteiger partial charge in [-0.1, -0.05) is 0 Å². The average Bonchev–Trinajstić information content (AvgIpc) is 3.52. The van der Waals surface area contributed by atoms with E-state index >= 15 is 0 Å². The van der Waals surface area contributed by atoms with E-state index in [4.69, 9.17) is 4.74 Å². The number of aromatic nitrogens is 2. The molecule has 3 aromatic heterocycles. The number of likely N-dealkylation sites (tertiary alicyclic amines) is 1. The van der Waals surface area contributed by atoms with Crippen molar-refractivity contribution in [2.75, 3.05) is 32.1 Å². The lowest BCUT2D eigenvalue weighted by molar-refractivity contribution is 0.121. The number of fused-ring (bicyclic) bond motifs is 2. The predicted octanol–water partition coefficient (Wildman–Crippen LogP) is 5.52. The Labute approximate surface area is 178 Å². The van der Waals surface area contributed by atoms with E-state index in [1.165, 1.54) is 30.5 Å². The molecule has 0 bridgehead atoms. The lowest BCUT2D eigenvalue weighted by Crippen LogP contribution is -2.41. The monoisotopic (exact) mass is 424 g/mol. The minimum atomic E-state index is 0.458. The highest BCUT2D eigenvalue weighted by molar-refractivity contribution is 7.17. The highest BCUT2D eigenvalue weighted by Crippen LogP contribution is 2.34. The summed E-state index contributed by atoms with van der Waals surface area (Å²) in [7, 11) is 2.22. The van der Waals surface area contributed by atoms with Gasteiger partial charge in [0.2, 0.25) is 0 Å². The number of nitrogens with one attached hydrogen (secondary N) is 1. The summed E-state index contributed by atoms with van der Waals surface area (Å²) in [5.41, 5.74) is 5.50. The number of likely N-dealkylation sites (N-methyl/N-ethyl adjacent to an activating group) is 1. The number of thiophene rings is 1. The van der Waals surface area contributed by atoms with Crippen LogP contribution >= 0.6 is 22.7 Å². The number of rotatable bonds is 2. The standard InChI is InChI=1S/C14H9N3S2.C8H15NO/c1-2-13-12(16-8-19-13)7-9(1)17-11-3-5-15-14-10(11)4-6-18-14;1-9-5-2-3-8(9)4-6-10-7-8/h1-8H,(H,15,17);2-7H2,1H3/t;8-/m.1/s1. The largest absolute Gasteiger partial charge is 0.379 e. The second-order valence-corrected chi connectivity index (χ2v) is 9.49. The van der Waals surface area contributed by atoms with Crippen molar-refractivity contribution in [3.63, 3.8) is 0 Å². The minimum absolute atomic E-state index is 0.458. The van der Waals surface area contributed by atoms with Gasteiger partial charge in [-0.25, -0.2) is 9.97 Å². The third-order valence-electron chi connectivity index (χ3n) is 6.01. The number of hydrogen-bond donors (Lipinski definition) is 1. The van der Waals surface area contributed by atoms with Gasteiger partial charge in [0.1, 0.15) is 4.83 Å². The van der Waals surface area contributed by atoms with Gasteiger partial charge in [-0.2, -0.15) is 0 Å². The predicted molar refractivity (Wildman–Crippen MR) is 123 cm³/mol. The molecule has 0 amide bonds. The van der Waals surface area contributed by atoms with Crippen LogP contribution in [0.1, 0.15) is 19.3 Å². The van der Waals surface area contributed by atoms with Crippen LogP contribution in [0.4, 0.5) is 11.4 Å². The van der Waals surface area contributed by atoms with Gasteiger partial charge in [-0.15, -0.1) is 22.7 Å². The normalized spacial score (nSPS) is 21.7. The summed E-state index contributed by atoms with van der Waals surface area (Å²) >= 11 is 3.31. The smallest absolute Gasteiger partial charge is 0.125 e. The maximum Gasteiger partial charge on any atom is 0.125 e. The molecule has 1 N–H and O–H groups in total. The highest BCUT2D eigenvalue weighted by atomic mass is 32.1. The molecule has 2 fully saturated rings. The molecule has 2 aliphatic rings. The summed E-state index contributed by atoms with van der Waals surface area (Å²) in [6.45, 7) is 3.22. The molecule has 1 atom stereocenters. The Balaban J connectivity index is 0.000000153. The quantitative estimate of drug-likeness (QED) is 0.459. The SMILES string of the molecule is CN1CCC[C@]12CCOC2.c1cc(Nc2ccc3scnc3c2)c2ccsc2n1. The summed E-state index contributed by atoms with van der Waals surface area (Å²) in [6.07, 6.45) is 5.80. The average molecular weight is 425 g/mol. The van der Waals surface area contributed by atoms with Crippen molar-refractivity contribution >= 4 is 54.5 Å². The molecule has 0 saturated carbocycles. The van der Waals surface area contributed by atoms with Crippen LogP contribution in [-0.4, -0.2) is 47.2 Å². The Morgan fingerprint density at radius 3 is 2.93 bits per heavy atom. The molecule has 5 heterocycles. The van der Waals surface area contributed by atoms with E-state index in [1.54, 1.807) is 22.7 Å². The summed E-state index contributed by atoms with van der Waals surface area (Å²) in [5.74, 6) is 0. The Morgan fingerprint density at radius 1 is 1.14 bits per heavy atom. The van der Waals surface area contributed by atoms with Crippen molar-refractivity contribution < 1.29 is 4.74 Å². The van der Waals surface area contributed by atoms with Gasteiger partial charge in [-0.3, -0.25) is 4.90 Å². The molecule has 0 radical (unpaired) electrons. The molecule has 6 rings (SSSR count). The van der Waals surface area contributed by atoms with Gasteiger partial charge >= 0.3 is 0 Å². The number of ether oxygens (including phenoxy) is 1. The van der Waals surface area contributed by atoms with Crippen LogP contribution in [0.25, 0.3) is 20.4 Å². The number of pyridine rings is 1. The van der Waals surface area contributed by atoms with Crippen LogP contribution in [-0.2, 0) is 4.74 Å². The van der Waals surface area contributed by atoms with E-state index in [0.29, 0.717) is 5.54 Å². The first-order chi connectivity index (χ1) is 14.2. The van der Waals surface area contributed by atoms with Crippen LogP contribution < -0.4 is 5.32 Å². The number of nitrogens with zero attached hydrogens (tertiary/aromatic N) is 3. The van der Waals surface area contributed by atoms with Gasteiger partial charge in [-0.05, 0) is 68.6 Å². The zero-order valence-corrected chi connectivity index (χ0v) is 18.1. The Bertz CT molecular complexity index is 1110. The molecule has 0 aliphatic carbocycles. The molecule has 5 nitrogen and oxygen atoms in total. The van der Waals surface area contributed by atoms with Gasteiger partial charge in [0.05, 0.1) is 28.0 Å². The van der Waals surface area contributed by atoms with Crippen molar-refractivity contribution in [3.05, 3.63) is 47.4 Å². The zero-order chi connectivity index (χ0) is 19.7. The van der Waals surface area contributed by atoms with Gasteiger partial charge in [0.15, 0.2) is 0 Å². The summed E-state index contributed by atoms with van der Waals surface area (Å²) in [4.78, 5) is 12.2. The zero-order valence-electron chi connectivity index (χ0n) is 16.4. The maximum absolute atomic E-state index is 5.41.